The number of nitrogens with zero attached hydrogens (tertiary/aromatic N) is 1. The van der Waals surface area contributed by atoms with E-state index in [1.165, 1.54) is 5.56 Å². The lowest BCUT2D eigenvalue weighted by Crippen LogP contribution is -2.42. The van der Waals surface area contributed by atoms with Crippen LogP contribution >= 0.6 is 0 Å². The van der Waals surface area contributed by atoms with Crippen molar-refractivity contribution in [2.24, 2.45) is 5.92 Å². The number of benzene rings is 1. The van der Waals surface area contributed by atoms with Crippen LogP contribution in [0.1, 0.15) is 31.1 Å². The molecule has 0 amide bonds. The molecule has 118 valence electrons. The normalized spacial score (nSPS) is 21.1. The number of rotatable bonds is 7. The predicted octanol–water partition coefficient (Wildman–Crippen LogP) is 2.26. The largest absolute Gasteiger partial charge is 0.497 e. The van der Waals surface area contributed by atoms with Crippen LogP contribution < -0.4 is 4.74 Å². The van der Waals surface area contributed by atoms with Gasteiger partial charge >= 0.3 is 0 Å². The van der Waals surface area contributed by atoms with Crippen molar-refractivity contribution in [1.29, 1.82) is 0 Å². The van der Waals surface area contributed by atoms with Crippen LogP contribution in [0.3, 0.4) is 0 Å². The first-order valence-electron chi connectivity index (χ1n) is 7.64. The first kappa shape index (κ1) is 16.3. The van der Waals surface area contributed by atoms with Gasteiger partial charge in [0.05, 0.1) is 19.8 Å². The van der Waals surface area contributed by atoms with Crippen LogP contribution in [0.15, 0.2) is 18.2 Å². The summed E-state index contributed by atoms with van der Waals surface area (Å²) in [6.45, 7) is 6.92. The molecular formula is C17H27NO3. The maximum atomic E-state index is 10.7. The van der Waals surface area contributed by atoms with E-state index in [1.54, 1.807) is 14.2 Å². The molecule has 0 saturated heterocycles. The minimum atomic E-state index is -0.453. The zero-order chi connectivity index (χ0) is 15.4. The van der Waals surface area contributed by atoms with Crippen molar-refractivity contribution < 1.29 is 14.6 Å². The molecular weight excluding hydrogens is 266 g/mol. The zero-order valence-electron chi connectivity index (χ0n) is 13.5. The molecule has 0 saturated carbocycles. The van der Waals surface area contributed by atoms with E-state index in [9.17, 15) is 5.11 Å². The highest BCUT2D eigenvalue weighted by atomic mass is 16.5. The Labute approximate surface area is 127 Å². The van der Waals surface area contributed by atoms with Crippen LogP contribution in [0.25, 0.3) is 0 Å². The molecule has 4 nitrogen and oxygen atoms in total. The Bertz CT molecular complexity index is 461. The van der Waals surface area contributed by atoms with Gasteiger partial charge in [-0.2, -0.15) is 0 Å². The molecule has 21 heavy (non-hydrogen) atoms. The smallest absolute Gasteiger partial charge is 0.119 e. The van der Waals surface area contributed by atoms with E-state index in [0.29, 0.717) is 12.5 Å². The number of hydrogen-bond acceptors (Lipinski definition) is 4. The summed E-state index contributed by atoms with van der Waals surface area (Å²) in [5.74, 6) is 1.37. The van der Waals surface area contributed by atoms with E-state index in [1.807, 2.05) is 12.1 Å². The standard InChI is InChI=1S/C17H27NO3/c1-12(2)11-18(7-8-20-3)16-9-13-5-6-14(21-4)10-15(13)17(16)19/h5-6,10,12,16-17,19H,7-9,11H2,1-4H3. The van der Waals surface area contributed by atoms with Gasteiger partial charge in [0, 0.05) is 26.2 Å². The van der Waals surface area contributed by atoms with Crippen LogP contribution in [0.2, 0.25) is 0 Å². The van der Waals surface area contributed by atoms with Gasteiger partial charge in [-0.15, -0.1) is 0 Å². The average Bonchev–Trinajstić information content (AvgIpc) is 2.79. The molecule has 4 heteroatoms. The van der Waals surface area contributed by atoms with Gasteiger partial charge in [-0.05, 0) is 35.6 Å². The summed E-state index contributed by atoms with van der Waals surface area (Å²) < 4.78 is 10.5. The predicted molar refractivity (Wildman–Crippen MR) is 83.7 cm³/mol. The molecule has 1 aliphatic carbocycles. The topological polar surface area (TPSA) is 41.9 Å². The van der Waals surface area contributed by atoms with Crippen molar-refractivity contribution >= 4 is 0 Å². The highest BCUT2D eigenvalue weighted by molar-refractivity contribution is 5.41. The molecule has 1 aromatic carbocycles. The highest BCUT2D eigenvalue weighted by Gasteiger charge is 2.35. The van der Waals surface area contributed by atoms with Crippen molar-refractivity contribution in [3.8, 4) is 5.75 Å². The molecule has 0 bridgehead atoms. The highest BCUT2D eigenvalue weighted by Crippen LogP contribution is 2.36. The Hall–Kier alpha value is -1.10. The number of fused-ring (bicyclic) bond motifs is 1. The molecule has 0 aliphatic heterocycles. The van der Waals surface area contributed by atoms with E-state index >= 15 is 0 Å². The Balaban J connectivity index is 2.16. The van der Waals surface area contributed by atoms with Gasteiger partial charge in [0.15, 0.2) is 0 Å². The molecule has 1 aromatic rings. The number of aliphatic hydroxyl groups is 1. The fourth-order valence-electron chi connectivity index (χ4n) is 3.10. The summed E-state index contributed by atoms with van der Waals surface area (Å²) >= 11 is 0. The van der Waals surface area contributed by atoms with Crippen molar-refractivity contribution in [2.45, 2.75) is 32.4 Å². The number of methoxy groups -OCH3 is 2. The van der Waals surface area contributed by atoms with Crippen molar-refractivity contribution in [1.82, 2.24) is 4.90 Å². The first-order valence-corrected chi connectivity index (χ1v) is 7.64. The Morgan fingerprint density at radius 3 is 2.71 bits per heavy atom. The molecule has 1 N–H and O–H groups in total. The summed E-state index contributed by atoms with van der Waals surface area (Å²) in [5.41, 5.74) is 2.23. The first-order chi connectivity index (χ1) is 10.1. The number of hydrogen-bond donors (Lipinski definition) is 1. The summed E-state index contributed by atoms with van der Waals surface area (Å²) in [5, 5.41) is 10.7. The number of ether oxygens (including phenoxy) is 2. The molecule has 0 aromatic heterocycles. The summed E-state index contributed by atoms with van der Waals surface area (Å²) in [4.78, 5) is 2.35. The molecule has 0 radical (unpaired) electrons. The fraction of sp³-hybridized carbons (Fsp3) is 0.647. The lowest BCUT2D eigenvalue weighted by atomic mass is 10.1. The van der Waals surface area contributed by atoms with E-state index in [0.717, 1.165) is 30.8 Å². The third kappa shape index (κ3) is 3.76. The second-order valence-electron chi connectivity index (χ2n) is 6.16. The summed E-state index contributed by atoms with van der Waals surface area (Å²) in [6, 6.07) is 6.13. The molecule has 2 rings (SSSR count). The van der Waals surface area contributed by atoms with Gasteiger partial charge in [0.2, 0.25) is 0 Å². The molecule has 2 unspecified atom stereocenters. The zero-order valence-corrected chi connectivity index (χ0v) is 13.5. The van der Waals surface area contributed by atoms with Gasteiger partial charge < -0.3 is 14.6 Å². The number of aliphatic hydroxyl groups excluding tert-OH is 1. The van der Waals surface area contributed by atoms with Crippen LogP contribution in [0.4, 0.5) is 0 Å². The van der Waals surface area contributed by atoms with E-state index in [-0.39, 0.29) is 6.04 Å². The van der Waals surface area contributed by atoms with Gasteiger partial charge in [-0.3, -0.25) is 4.90 Å². The van der Waals surface area contributed by atoms with Crippen LogP contribution in [-0.2, 0) is 11.2 Å². The van der Waals surface area contributed by atoms with Crippen molar-refractivity contribution in [2.75, 3.05) is 33.9 Å². The van der Waals surface area contributed by atoms with Gasteiger partial charge in [0.25, 0.3) is 0 Å². The van der Waals surface area contributed by atoms with Gasteiger partial charge in [-0.25, -0.2) is 0 Å². The Morgan fingerprint density at radius 1 is 1.33 bits per heavy atom. The third-order valence-corrected chi connectivity index (χ3v) is 4.12. The quantitative estimate of drug-likeness (QED) is 0.837. The van der Waals surface area contributed by atoms with Gasteiger partial charge in [0.1, 0.15) is 5.75 Å². The minimum Gasteiger partial charge on any atom is -0.497 e. The average molecular weight is 293 g/mol. The van der Waals surface area contributed by atoms with Crippen molar-refractivity contribution in [3.05, 3.63) is 29.3 Å². The van der Waals surface area contributed by atoms with Crippen LogP contribution in [0, 0.1) is 5.92 Å². The molecule has 0 fully saturated rings. The fourth-order valence-corrected chi connectivity index (χ4v) is 3.10. The van der Waals surface area contributed by atoms with Crippen LogP contribution in [-0.4, -0.2) is 50.0 Å². The van der Waals surface area contributed by atoms with E-state index in [4.69, 9.17) is 9.47 Å². The molecule has 2 atom stereocenters. The maximum Gasteiger partial charge on any atom is 0.119 e. The monoisotopic (exact) mass is 293 g/mol. The van der Waals surface area contributed by atoms with Crippen molar-refractivity contribution in [3.63, 3.8) is 0 Å². The van der Waals surface area contributed by atoms with E-state index < -0.39 is 6.10 Å². The lowest BCUT2D eigenvalue weighted by Gasteiger charge is -2.32. The molecule has 1 aliphatic rings. The van der Waals surface area contributed by atoms with Crippen LogP contribution in [0.5, 0.6) is 5.75 Å². The third-order valence-electron chi connectivity index (χ3n) is 4.12. The summed E-state index contributed by atoms with van der Waals surface area (Å²) in [6.07, 6.45) is 0.433. The molecule has 0 heterocycles. The van der Waals surface area contributed by atoms with Gasteiger partial charge in [-0.1, -0.05) is 19.9 Å². The Morgan fingerprint density at radius 2 is 2.10 bits per heavy atom. The Kier molecular flexibility index (Phi) is 5.62. The summed E-state index contributed by atoms with van der Waals surface area (Å²) in [7, 11) is 3.38. The second kappa shape index (κ2) is 7.25. The maximum absolute atomic E-state index is 10.7. The van der Waals surface area contributed by atoms with E-state index in [2.05, 4.69) is 24.8 Å². The SMILES string of the molecule is COCCN(CC(C)C)C1Cc2ccc(OC)cc2C1O. The molecule has 0 spiro atoms. The lowest BCUT2D eigenvalue weighted by molar-refractivity contribution is 0.0370. The minimum absolute atomic E-state index is 0.129. The second-order valence-corrected chi connectivity index (χ2v) is 6.16.